The second-order valence-electron chi connectivity index (χ2n) is 4.35. The number of benzene rings is 1. The van der Waals surface area contributed by atoms with Crippen LogP contribution in [0.3, 0.4) is 0 Å². The zero-order valence-corrected chi connectivity index (χ0v) is 10.7. The quantitative estimate of drug-likeness (QED) is 0.776. The maximum Gasteiger partial charge on any atom is 0.419 e. The molecule has 0 amide bonds. The lowest BCUT2D eigenvalue weighted by Crippen LogP contribution is -2.28. The molecular formula is C12H13ClF5N. The summed E-state index contributed by atoms with van der Waals surface area (Å²) in [5.41, 5.74) is -1.59. The summed E-state index contributed by atoms with van der Waals surface area (Å²) >= 11 is 0. The third-order valence-electron chi connectivity index (χ3n) is 3.19. The van der Waals surface area contributed by atoms with Crippen molar-refractivity contribution in [2.24, 2.45) is 0 Å². The smallest absolute Gasteiger partial charge is 0.317 e. The zero-order valence-electron chi connectivity index (χ0n) is 9.86. The van der Waals surface area contributed by atoms with Crippen LogP contribution in [-0.2, 0) is 6.18 Å². The van der Waals surface area contributed by atoms with Crippen molar-refractivity contribution in [2.45, 2.75) is 24.9 Å². The summed E-state index contributed by atoms with van der Waals surface area (Å²) in [6.45, 7) is 1.17. The standard InChI is InChI=1S/C12H12F5N.ClH/c13-9-2-1-8(7-3-5-18-6-4-7)10(11(9)14)12(15,16)17;/h1-2,7,18H,3-6H2;1H. The molecular weight excluding hydrogens is 289 g/mol. The fourth-order valence-corrected chi connectivity index (χ4v) is 2.33. The van der Waals surface area contributed by atoms with Gasteiger partial charge in [-0.2, -0.15) is 13.2 Å². The number of hydrogen-bond donors (Lipinski definition) is 1. The number of hydrogen-bond acceptors (Lipinski definition) is 1. The van der Waals surface area contributed by atoms with Gasteiger partial charge in [-0.1, -0.05) is 6.07 Å². The minimum Gasteiger partial charge on any atom is -0.317 e. The van der Waals surface area contributed by atoms with Gasteiger partial charge >= 0.3 is 6.18 Å². The maximum absolute atomic E-state index is 13.4. The summed E-state index contributed by atoms with van der Waals surface area (Å²) in [5.74, 6) is -3.63. The molecule has 1 saturated heterocycles. The van der Waals surface area contributed by atoms with Crippen molar-refractivity contribution in [1.29, 1.82) is 0 Å². The Labute approximate surface area is 113 Å². The molecule has 2 rings (SSSR count). The van der Waals surface area contributed by atoms with Gasteiger partial charge in [-0.15, -0.1) is 12.4 Å². The Hall–Kier alpha value is -0.880. The molecule has 7 heteroatoms. The summed E-state index contributed by atoms with van der Waals surface area (Å²) in [7, 11) is 0. The third-order valence-corrected chi connectivity index (χ3v) is 3.19. The van der Waals surface area contributed by atoms with Gasteiger partial charge in [0.2, 0.25) is 0 Å². The second-order valence-corrected chi connectivity index (χ2v) is 4.35. The van der Waals surface area contributed by atoms with Gasteiger partial charge in [-0.25, -0.2) is 8.78 Å². The molecule has 0 aromatic heterocycles. The Kier molecular flexibility index (Phi) is 5.15. The fourth-order valence-electron chi connectivity index (χ4n) is 2.33. The summed E-state index contributed by atoms with van der Waals surface area (Å²) in [6.07, 6.45) is -3.88. The number of piperidine rings is 1. The highest BCUT2D eigenvalue weighted by Crippen LogP contribution is 2.40. The van der Waals surface area contributed by atoms with Crippen LogP contribution in [0.25, 0.3) is 0 Å². The predicted molar refractivity (Wildman–Crippen MR) is 63.5 cm³/mol. The molecule has 1 aliphatic rings. The van der Waals surface area contributed by atoms with E-state index < -0.39 is 23.4 Å². The average molecular weight is 302 g/mol. The topological polar surface area (TPSA) is 12.0 Å². The lowest BCUT2D eigenvalue weighted by atomic mass is 9.86. The van der Waals surface area contributed by atoms with E-state index in [0.29, 0.717) is 25.9 Å². The maximum atomic E-state index is 13.4. The monoisotopic (exact) mass is 301 g/mol. The molecule has 0 spiro atoms. The van der Waals surface area contributed by atoms with Crippen LogP contribution in [-0.4, -0.2) is 13.1 Å². The molecule has 0 radical (unpaired) electrons. The first-order valence-corrected chi connectivity index (χ1v) is 5.67. The van der Waals surface area contributed by atoms with E-state index >= 15 is 0 Å². The molecule has 1 nitrogen and oxygen atoms in total. The highest BCUT2D eigenvalue weighted by molar-refractivity contribution is 5.85. The molecule has 0 bridgehead atoms. The fraction of sp³-hybridized carbons (Fsp3) is 0.500. The van der Waals surface area contributed by atoms with Gasteiger partial charge in [0.05, 0.1) is 5.56 Å². The number of rotatable bonds is 1. The molecule has 1 aliphatic heterocycles. The molecule has 1 N–H and O–H groups in total. The van der Waals surface area contributed by atoms with Crippen molar-refractivity contribution in [3.8, 4) is 0 Å². The number of alkyl halides is 3. The van der Waals surface area contributed by atoms with Crippen LogP contribution in [0, 0.1) is 11.6 Å². The summed E-state index contributed by atoms with van der Waals surface area (Å²) in [4.78, 5) is 0. The minimum atomic E-state index is -4.87. The van der Waals surface area contributed by atoms with Gasteiger partial charge in [-0.05, 0) is 43.5 Å². The first-order chi connectivity index (χ1) is 8.41. The van der Waals surface area contributed by atoms with Crippen LogP contribution in [0.1, 0.15) is 29.9 Å². The molecule has 0 aliphatic carbocycles. The van der Waals surface area contributed by atoms with E-state index in [-0.39, 0.29) is 23.9 Å². The third kappa shape index (κ3) is 3.36. The largest absolute Gasteiger partial charge is 0.419 e. The SMILES string of the molecule is Cl.Fc1ccc(C2CCNCC2)c(C(F)(F)F)c1F. The molecule has 0 unspecified atom stereocenters. The molecule has 1 aromatic rings. The van der Waals surface area contributed by atoms with Crippen molar-refractivity contribution in [3.05, 3.63) is 34.9 Å². The first kappa shape index (κ1) is 16.2. The van der Waals surface area contributed by atoms with E-state index in [1.807, 2.05) is 0 Å². The summed E-state index contributed by atoms with van der Waals surface area (Å²) < 4.78 is 64.8. The number of halogens is 6. The number of nitrogens with one attached hydrogen (secondary N) is 1. The Balaban J connectivity index is 0.00000180. The van der Waals surface area contributed by atoms with Crippen molar-refractivity contribution >= 4 is 12.4 Å². The van der Waals surface area contributed by atoms with Crippen LogP contribution in [0.2, 0.25) is 0 Å². The van der Waals surface area contributed by atoms with Gasteiger partial charge < -0.3 is 5.32 Å². The average Bonchev–Trinajstić information content (AvgIpc) is 2.32. The molecule has 0 saturated carbocycles. The van der Waals surface area contributed by atoms with E-state index in [0.717, 1.165) is 12.1 Å². The van der Waals surface area contributed by atoms with Crippen molar-refractivity contribution < 1.29 is 22.0 Å². The Morgan fingerprint density at radius 3 is 2.16 bits per heavy atom. The summed E-state index contributed by atoms with van der Waals surface area (Å²) in [5, 5.41) is 3.02. The predicted octanol–water partition coefficient (Wildman–Crippen LogP) is 3.87. The van der Waals surface area contributed by atoms with Gasteiger partial charge in [-0.3, -0.25) is 0 Å². The van der Waals surface area contributed by atoms with Crippen molar-refractivity contribution in [1.82, 2.24) is 5.32 Å². The van der Waals surface area contributed by atoms with Gasteiger partial charge in [0, 0.05) is 0 Å². The Bertz CT molecular complexity index is 440. The Morgan fingerprint density at radius 2 is 1.63 bits per heavy atom. The highest BCUT2D eigenvalue weighted by atomic mass is 35.5. The van der Waals surface area contributed by atoms with Crippen LogP contribution < -0.4 is 5.32 Å². The van der Waals surface area contributed by atoms with Crippen molar-refractivity contribution in [2.75, 3.05) is 13.1 Å². The minimum absolute atomic E-state index is 0. The lowest BCUT2D eigenvalue weighted by molar-refractivity contribution is -0.141. The molecule has 1 fully saturated rings. The summed E-state index contributed by atoms with van der Waals surface area (Å²) in [6, 6.07) is 1.82. The highest BCUT2D eigenvalue weighted by Gasteiger charge is 2.39. The second kappa shape index (κ2) is 6.05. The van der Waals surface area contributed by atoms with Gasteiger partial charge in [0.1, 0.15) is 0 Å². The zero-order chi connectivity index (χ0) is 13.3. The van der Waals surface area contributed by atoms with Crippen molar-refractivity contribution in [3.63, 3.8) is 0 Å². The van der Waals surface area contributed by atoms with E-state index in [2.05, 4.69) is 5.32 Å². The lowest BCUT2D eigenvalue weighted by Gasteiger charge is -2.26. The molecule has 108 valence electrons. The van der Waals surface area contributed by atoms with Crippen LogP contribution in [0.4, 0.5) is 22.0 Å². The molecule has 19 heavy (non-hydrogen) atoms. The van der Waals surface area contributed by atoms with E-state index in [1.165, 1.54) is 0 Å². The molecule has 1 aromatic carbocycles. The van der Waals surface area contributed by atoms with E-state index in [1.54, 1.807) is 0 Å². The van der Waals surface area contributed by atoms with Crippen LogP contribution >= 0.6 is 12.4 Å². The van der Waals surface area contributed by atoms with Crippen LogP contribution in [0.15, 0.2) is 12.1 Å². The van der Waals surface area contributed by atoms with Crippen LogP contribution in [0.5, 0.6) is 0 Å². The molecule has 0 atom stereocenters. The molecule has 1 heterocycles. The van der Waals surface area contributed by atoms with Gasteiger partial charge in [0.15, 0.2) is 11.6 Å². The normalized spacial score (nSPS) is 17.1. The van der Waals surface area contributed by atoms with Gasteiger partial charge in [0.25, 0.3) is 0 Å². The van der Waals surface area contributed by atoms with E-state index in [9.17, 15) is 22.0 Å². The van der Waals surface area contributed by atoms with E-state index in [4.69, 9.17) is 0 Å². The first-order valence-electron chi connectivity index (χ1n) is 5.67. The Morgan fingerprint density at radius 1 is 1.05 bits per heavy atom.